The maximum absolute atomic E-state index is 14.3. The maximum Gasteiger partial charge on any atom is 0.335 e. The van der Waals surface area contributed by atoms with Crippen LogP contribution in [0.5, 0.6) is 0 Å². The smallest absolute Gasteiger partial charge is 0.335 e. The Kier molecular flexibility index (Phi) is 7.79. The van der Waals surface area contributed by atoms with Crippen LogP contribution in [0.1, 0.15) is 11.1 Å². The Balaban J connectivity index is 1.82. The quantitative estimate of drug-likeness (QED) is 0.189. The third kappa shape index (κ3) is 5.35. The minimum Gasteiger partial charge on any atom is -0.457 e. The van der Waals surface area contributed by atoms with E-state index in [4.69, 9.17) is 4.74 Å². The van der Waals surface area contributed by atoms with Gasteiger partial charge in [-0.2, -0.15) is 0 Å². The first-order chi connectivity index (χ1) is 18.3. The average molecular weight is 501 g/mol. The van der Waals surface area contributed by atoms with E-state index in [9.17, 15) is 4.79 Å². The number of ether oxygens (including phenoxy) is 1. The van der Waals surface area contributed by atoms with Crippen molar-refractivity contribution in [2.24, 2.45) is 0 Å². The van der Waals surface area contributed by atoms with E-state index in [1.54, 1.807) is 0 Å². The molecule has 0 atom stereocenters. The topological polar surface area (TPSA) is 26.3 Å². The summed E-state index contributed by atoms with van der Waals surface area (Å²) in [7, 11) is 0. The zero-order valence-corrected chi connectivity index (χ0v) is 21.5. The summed E-state index contributed by atoms with van der Waals surface area (Å²) in [4.78, 5) is 14.3. The van der Waals surface area contributed by atoms with Crippen LogP contribution in [0.25, 0.3) is 0 Å². The summed E-state index contributed by atoms with van der Waals surface area (Å²) in [5.41, 5.74) is 2.05. The van der Waals surface area contributed by atoms with Gasteiger partial charge in [0.1, 0.15) is 6.61 Å². The summed E-state index contributed by atoms with van der Waals surface area (Å²) in [6, 6.07) is 51.5. The molecular formula is C34H29O2P. The van der Waals surface area contributed by atoms with E-state index in [1.165, 1.54) is 0 Å². The molecule has 182 valence electrons. The Hall–Kier alpha value is -4.13. The van der Waals surface area contributed by atoms with E-state index in [2.05, 4.69) is 84.9 Å². The molecule has 0 radical (unpaired) electrons. The molecule has 0 aromatic heterocycles. The number of carbonyl (C=O) groups excluding carboxylic acids is 1. The fraction of sp³-hybridized carbons (Fsp3) is 0.0588. The number of carbonyl (C=O) groups is 1. The molecular weight excluding hydrogens is 471 g/mol. The predicted molar refractivity (Wildman–Crippen MR) is 157 cm³/mol. The third-order valence-electron chi connectivity index (χ3n) is 6.50. The van der Waals surface area contributed by atoms with Crippen LogP contribution in [0.4, 0.5) is 0 Å². The first-order valence-corrected chi connectivity index (χ1v) is 14.2. The molecule has 37 heavy (non-hydrogen) atoms. The van der Waals surface area contributed by atoms with Crippen LogP contribution in [-0.4, -0.2) is 11.3 Å². The molecule has 0 aliphatic carbocycles. The number of rotatable bonds is 8. The van der Waals surface area contributed by atoms with Crippen LogP contribution in [0.15, 0.2) is 152 Å². The first kappa shape index (κ1) is 24.6. The standard InChI is InChI=1S/C34H29O2P/c35-34(36-27-29-18-8-2-9-19-29)33(26-28-16-6-1-7-17-28)37(30-20-10-3-11-21-30,31-22-12-4-13-23-31)32-24-14-5-15-25-32/h1-25H,26-27H2. The number of benzene rings is 5. The number of hydrogen-bond donors (Lipinski definition) is 0. The van der Waals surface area contributed by atoms with Gasteiger partial charge < -0.3 is 4.74 Å². The Morgan fingerprint density at radius 2 is 0.838 bits per heavy atom. The van der Waals surface area contributed by atoms with Crippen molar-refractivity contribution in [3.8, 4) is 0 Å². The Bertz CT molecular complexity index is 1380. The second-order valence-corrected chi connectivity index (χ2v) is 12.3. The van der Waals surface area contributed by atoms with E-state index in [-0.39, 0.29) is 12.6 Å². The third-order valence-corrected chi connectivity index (χ3v) is 10.9. The Morgan fingerprint density at radius 1 is 0.486 bits per heavy atom. The minimum absolute atomic E-state index is 0.232. The second-order valence-electron chi connectivity index (χ2n) is 8.85. The van der Waals surface area contributed by atoms with Gasteiger partial charge in [0, 0.05) is 6.42 Å². The Labute approximate surface area is 219 Å². The lowest BCUT2D eigenvalue weighted by Crippen LogP contribution is -2.35. The largest absolute Gasteiger partial charge is 0.457 e. The van der Waals surface area contributed by atoms with Gasteiger partial charge in [0.15, 0.2) is 0 Å². The van der Waals surface area contributed by atoms with Crippen molar-refractivity contribution in [3.63, 3.8) is 0 Å². The van der Waals surface area contributed by atoms with Crippen LogP contribution in [0, 0.1) is 0 Å². The van der Waals surface area contributed by atoms with E-state index in [0.29, 0.717) is 6.42 Å². The van der Waals surface area contributed by atoms with Gasteiger partial charge in [0.2, 0.25) is 0 Å². The highest BCUT2D eigenvalue weighted by atomic mass is 31.2. The van der Waals surface area contributed by atoms with Gasteiger partial charge in [-0.15, -0.1) is 0 Å². The summed E-state index contributed by atoms with van der Waals surface area (Å²) in [5.74, 6) is -0.252. The van der Waals surface area contributed by atoms with Crippen LogP contribution in [0.2, 0.25) is 0 Å². The van der Waals surface area contributed by atoms with Gasteiger partial charge in [-0.25, -0.2) is 4.79 Å². The van der Waals surface area contributed by atoms with E-state index >= 15 is 0 Å². The van der Waals surface area contributed by atoms with Gasteiger partial charge in [-0.05, 0) is 33.9 Å². The average Bonchev–Trinajstić information content (AvgIpc) is 2.98. The van der Waals surface area contributed by atoms with Crippen molar-refractivity contribution in [2.45, 2.75) is 13.0 Å². The van der Waals surface area contributed by atoms with Crippen molar-refractivity contribution < 1.29 is 9.53 Å². The van der Waals surface area contributed by atoms with Gasteiger partial charge in [-0.3, -0.25) is 0 Å². The van der Waals surface area contributed by atoms with Crippen molar-refractivity contribution in [2.75, 3.05) is 0 Å². The van der Waals surface area contributed by atoms with Crippen LogP contribution >= 0.6 is 6.89 Å². The zero-order chi connectivity index (χ0) is 25.3. The van der Waals surface area contributed by atoms with Crippen molar-refractivity contribution >= 4 is 34.1 Å². The second kappa shape index (κ2) is 11.7. The summed E-state index contributed by atoms with van der Waals surface area (Å²) >= 11 is 0. The SMILES string of the molecule is O=C(OCc1ccccc1)C(Cc1ccccc1)=P(c1ccccc1)(c1ccccc1)c1ccccc1. The van der Waals surface area contributed by atoms with Gasteiger partial charge in [0.25, 0.3) is 0 Å². The van der Waals surface area contributed by atoms with Crippen molar-refractivity contribution in [3.05, 3.63) is 163 Å². The fourth-order valence-electron chi connectivity index (χ4n) is 4.79. The molecule has 0 spiro atoms. The molecule has 0 saturated carbocycles. The van der Waals surface area contributed by atoms with Gasteiger partial charge >= 0.3 is 5.97 Å². The Morgan fingerprint density at radius 3 is 1.24 bits per heavy atom. The molecule has 5 aromatic rings. The van der Waals surface area contributed by atoms with Gasteiger partial charge in [0.05, 0.1) is 5.29 Å². The lowest BCUT2D eigenvalue weighted by molar-refractivity contribution is -0.136. The lowest BCUT2D eigenvalue weighted by Gasteiger charge is -2.32. The summed E-state index contributed by atoms with van der Waals surface area (Å²) in [6.45, 7) is -2.33. The molecule has 2 nitrogen and oxygen atoms in total. The van der Waals surface area contributed by atoms with Gasteiger partial charge in [-0.1, -0.05) is 152 Å². The molecule has 0 unspecified atom stereocenters. The predicted octanol–water partition coefficient (Wildman–Crippen LogP) is 6.14. The summed E-state index contributed by atoms with van der Waals surface area (Å²) < 4.78 is 6.08. The van der Waals surface area contributed by atoms with Crippen molar-refractivity contribution in [1.82, 2.24) is 0 Å². The molecule has 0 bridgehead atoms. The molecule has 0 aliphatic heterocycles. The molecule has 0 fully saturated rings. The zero-order valence-electron chi connectivity index (χ0n) is 20.6. The molecule has 3 heteroatoms. The molecule has 0 amide bonds. The molecule has 0 aliphatic rings. The minimum atomic E-state index is -2.56. The molecule has 0 N–H and O–H groups in total. The van der Waals surface area contributed by atoms with E-state index < -0.39 is 6.89 Å². The number of hydrogen-bond acceptors (Lipinski definition) is 2. The molecule has 5 aromatic carbocycles. The summed E-state index contributed by atoms with van der Waals surface area (Å²) in [6.07, 6.45) is 0.501. The highest BCUT2D eigenvalue weighted by Crippen LogP contribution is 2.47. The van der Waals surface area contributed by atoms with E-state index in [0.717, 1.165) is 32.3 Å². The molecule has 0 heterocycles. The highest BCUT2D eigenvalue weighted by Gasteiger charge is 2.33. The lowest BCUT2D eigenvalue weighted by atomic mass is 10.1. The van der Waals surface area contributed by atoms with E-state index in [1.807, 2.05) is 66.7 Å². The monoisotopic (exact) mass is 500 g/mol. The summed E-state index contributed by atoms with van der Waals surface area (Å²) in [5, 5.41) is 4.19. The first-order valence-electron chi connectivity index (χ1n) is 12.5. The maximum atomic E-state index is 14.3. The highest BCUT2D eigenvalue weighted by molar-refractivity contribution is 7.96. The normalized spacial score (nSPS) is 11.0. The van der Waals surface area contributed by atoms with Crippen LogP contribution in [0.3, 0.4) is 0 Å². The van der Waals surface area contributed by atoms with Crippen LogP contribution < -0.4 is 15.9 Å². The molecule has 0 saturated heterocycles. The van der Waals surface area contributed by atoms with Crippen LogP contribution in [-0.2, 0) is 22.6 Å². The fourth-order valence-corrected chi connectivity index (χ4v) is 9.24. The van der Waals surface area contributed by atoms with Crippen molar-refractivity contribution in [1.29, 1.82) is 0 Å². The number of esters is 1. The molecule has 5 rings (SSSR count).